The average Bonchev–Trinajstić information content (AvgIpc) is 2.37. The van der Waals surface area contributed by atoms with E-state index in [-0.39, 0.29) is 0 Å². The Bertz CT molecular complexity index is 488. The van der Waals surface area contributed by atoms with Gasteiger partial charge >= 0.3 is 0 Å². The molecule has 0 saturated carbocycles. The lowest BCUT2D eigenvalue weighted by molar-refractivity contribution is 0.134. The molecule has 0 atom stereocenters. The first-order valence-electron chi connectivity index (χ1n) is 6.04. The SMILES string of the molecule is CCOCc1ccccc1-c1cccc(C)c1. The Kier molecular flexibility index (Phi) is 3.94. The maximum absolute atomic E-state index is 5.51. The van der Waals surface area contributed by atoms with Crippen LogP contribution in [-0.2, 0) is 11.3 Å². The van der Waals surface area contributed by atoms with Crippen molar-refractivity contribution < 1.29 is 4.74 Å². The summed E-state index contributed by atoms with van der Waals surface area (Å²) in [4.78, 5) is 0. The molecule has 0 heterocycles. The van der Waals surface area contributed by atoms with E-state index in [1.165, 1.54) is 22.3 Å². The van der Waals surface area contributed by atoms with E-state index in [9.17, 15) is 0 Å². The van der Waals surface area contributed by atoms with E-state index in [1.807, 2.05) is 6.92 Å². The van der Waals surface area contributed by atoms with Crippen LogP contribution in [0.4, 0.5) is 0 Å². The summed E-state index contributed by atoms with van der Waals surface area (Å²) in [6.07, 6.45) is 0. The molecule has 0 saturated heterocycles. The minimum atomic E-state index is 0.681. The summed E-state index contributed by atoms with van der Waals surface area (Å²) in [5.74, 6) is 0. The van der Waals surface area contributed by atoms with Gasteiger partial charge in [-0.15, -0.1) is 0 Å². The van der Waals surface area contributed by atoms with Crippen molar-refractivity contribution in [2.45, 2.75) is 20.5 Å². The molecule has 0 unspecified atom stereocenters. The lowest BCUT2D eigenvalue weighted by Crippen LogP contribution is -1.94. The Labute approximate surface area is 103 Å². The molecule has 1 nitrogen and oxygen atoms in total. The Morgan fingerprint density at radius 2 is 1.82 bits per heavy atom. The van der Waals surface area contributed by atoms with E-state index in [2.05, 4.69) is 55.5 Å². The molecule has 0 spiro atoms. The van der Waals surface area contributed by atoms with Crippen LogP contribution in [0.25, 0.3) is 11.1 Å². The second kappa shape index (κ2) is 5.65. The minimum absolute atomic E-state index is 0.681. The van der Waals surface area contributed by atoms with Crippen molar-refractivity contribution in [1.82, 2.24) is 0 Å². The largest absolute Gasteiger partial charge is 0.377 e. The average molecular weight is 226 g/mol. The lowest BCUT2D eigenvalue weighted by Gasteiger charge is -2.10. The zero-order valence-corrected chi connectivity index (χ0v) is 10.4. The fraction of sp³-hybridized carbons (Fsp3) is 0.250. The molecule has 1 heteroatoms. The van der Waals surface area contributed by atoms with Crippen LogP contribution >= 0.6 is 0 Å². The Balaban J connectivity index is 2.37. The number of aryl methyl sites for hydroxylation is 1. The van der Waals surface area contributed by atoms with Crippen LogP contribution in [0.15, 0.2) is 48.5 Å². The van der Waals surface area contributed by atoms with Crippen LogP contribution < -0.4 is 0 Å². The zero-order valence-electron chi connectivity index (χ0n) is 10.4. The van der Waals surface area contributed by atoms with Gasteiger partial charge in [0.05, 0.1) is 6.61 Å². The summed E-state index contributed by atoms with van der Waals surface area (Å²) in [6, 6.07) is 17.0. The monoisotopic (exact) mass is 226 g/mol. The van der Waals surface area contributed by atoms with Crippen molar-refractivity contribution in [3.8, 4) is 11.1 Å². The van der Waals surface area contributed by atoms with Crippen molar-refractivity contribution in [3.05, 3.63) is 59.7 Å². The Morgan fingerprint density at radius 1 is 1.00 bits per heavy atom. The maximum atomic E-state index is 5.51. The number of ether oxygens (including phenoxy) is 1. The van der Waals surface area contributed by atoms with Crippen molar-refractivity contribution in [2.75, 3.05) is 6.61 Å². The van der Waals surface area contributed by atoms with E-state index >= 15 is 0 Å². The van der Waals surface area contributed by atoms with Crippen molar-refractivity contribution in [3.63, 3.8) is 0 Å². The molecule has 2 rings (SSSR count). The van der Waals surface area contributed by atoms with Crippen LogP contribution in [0.5, 0.6) is 0 Å². The maximum Gasteiger partial charge on any atom is 0.0722 e. The molecule has 0 amide bonds. The van der Waals surface area contributed by atoms with Gasteiger partial charge in [-0.1, -0.05) is 54.1 Å². The van der Waals surface area contributed by atoms with Gasteiger partial charge < -0.3 is 4.74 Å². The quantitative estimate of drug-likeness (QED) is 0.759. The summed E-state index contributed by atoms with van der Waals surface area (Å²) in [7, 11) is 0. The molecule has 0 N–H and O–H groups in total. The first-order chi connectivity index (χ1) is 8.31. The van der Waals surface area contributed by atoms with Crippen molar-refractivity contribution in [2.24, 2.45) is 0 Å². The molecule has 0 bridgehead atoms. The smallest absolute Gasteiger partial charge is 0.0722 e. The van der Waals surface area contributed by atoms with Gasteiger partial charge in [0.25, 0.3) is 0 Å². The predicted octanol–water partition coefficient (Wildman–Crippen LogP) is 4.20. The molecule has 0 aliphatic carbocycles. The first kappa shape index (κ1) is 11.9. The summed E-state index contributed by atoms with van der Waals surface area (Å²) in [5, 5.41) is 0. The van der Waals surface area contributed by atoms with Crippen molar-refractivity contribution in [1.29, 1.82) is 0 Å². The van der Waals surface area contributed by atoms with Gasteiger partial charge in [-0.3, -0.25) is 0 Å². The number of rotatable bonds is 4. The van der Waals surface area contributed by atoms with E-state index in [0.29, 0.717) is 6.61 Å². The van der Waals surface area contributed by atoms with Crippen LogP contribution in [0.3, 0.4) is 0 Å². The normalized spacial score (nSPS) is 10.5. The van der Waals surface area contributed by atoms with Gasteiger partial charge in [0.1, 0.15) is 0 Å². The number of benzene rings is 2. The highest BCUT2D eigenvalue weighted by atomic mass is 16.5. The Hall–Kier alpha value is -1.60. The molecular formula is C16H18O. The molecule has 0 aliphatic heterocycles. The minimum Gasteiger partial charge on any atom is -0.377 e. The van der Waals surface area contributed by atoms with E-state index in [1.54, 1.807) is 0 Å². The molecule has 2 aromatic rings. The fourth-order valence-corrected chi connectivity index (χ4v) is 1.95. The molecule has 88 valence electrons. The molecule has 0 fully saturated rings. The molecule has 17 heavy (non-hydrogen) atoms. The van der Waals surface area contributed by atoms with Gasteiger partial charge in [0.15, 0.2) is 0 Å². The third-order valence-electron chi connectivity index (χ3n) is 2.81. The number of hydrogen-bond acceptors (Lipinski definition) is 1. The second-order valence-electron chi connectivity index (χ2n) is 4.16. The van der Waals surface area contributed by atoms with E-state index in [0.717, 1.165) is 6.61 Å². The third-order valence-corrected chi connectivity index (χ3v) is 2.81. The third kappa shape index (κ3) is 2.95. The Morgan fingerprint density at radius 3 is 2.59 bits per heavy atom. The summed E-state index contributed by atoms with van der Waals surface area (Å²) < 4.78 is 5.51. The van der Waals surface area contributed by atoms with Gasteiger partial charge in [-0.05, 0) is 30.5 Å². The van der Waals surface area contributed by atoms with Gasteiger partial charge in [0.2, 0.25) is 0 Å². The topological polar surface area (TPSA) is 9.23 Å². The second-order valence-corrected chi connectivity index (χ2v) is 4.16. The first-order valence-corrected chi connectivity index (χ1v) is 6.04. The van der Waals surface area contributed by atoms with E-state index in [4.69, 9.17) is 4.74 Å². The number of hydrogen-bond donors (Lipinski definition) is 0. The molecule has 0 aliphatic rings. The highest BCUT2D eigenvalue weighted by Gasteiger charge is 2.04. The summed E-state index contributed by atoms with van der Waals surface area (Å²) in [6.45, 7) is 5.58. The lowest BCUT2D eigenvalue weighted by atomic mass is 9.99. The molecule has 0 aromatic heterocycles. The van der Waals surface area contributed by atoms with Gasteiger partial charge in [-0.25, -0.2) is 0 Å². The van der Waals surface area contributed by atoms with E-state index < -0.39 is 0 Å². The summed E-state index contributed by atoms with van der Waals surface area (Å²) >= 11 is 0. The summed E-state index contributed by atoms with van der Waals surface area (Å²) in [5.41, 5.74) is 5.07. The van der Waals surface area contributed by atoms with Gasteiger partial charge in [0, 0.05) is 6.61 Å². The predicted molar refractivity (Wildman–Crippen MR) is 71.9 cm³/mol. The van der Waals surface area contributed by atoms with Crippen LogP contribution in [0, 0.1) is 6.92 Å². The molecule has 2 aromatic carbocycles. The standard InChI is InChI=1S/C16H18O/c1-3-17-12-15-8-4-5-10-16(15)14-9-6-7-13(2)11-14/h4-11H,3,12H2,1-2H3. The van der Waals surface area contributed by atoms with Crippen LogP contribution in [0.1, 0.15) is 18.1 Å². The van der Waals surface area contributed by atoms with Crippen molar-refractivity contribution >= 4 is 0 Å². The molecular weight excluding hydrogens is 208 g/mol. The fourth-order valence-electron chi connectivity index (χ4n) is 1.95. The zero-order chi connectivity index (χ0) is 12.1. The molecule has 0 radical (unpaired) electrons. The highest BCUT2D eigenvalue weighted by molar-refractivity contribution is 5.67. The van der Waals surface area contributed by atoms with Crippen LogP contribution in [-0.4, -0.2) is 6.61 Å². The van der Waals surface area contributed by atoms with Crippen LogP contribution in [0.2, 0.25) is 0 Å². The van der Waals surface area contributed by atoms with Gasteiger partial charge in [-0.2, -0.15) is 0 Å². The highest BCUT2D eigenvalue weighted by Crippen LogP contribution is 2.24.